The number of hydrogen-bond acceptors (Lipinski definition) is 1. The van der Waals surface area contributed by atoms with Crippen molar-refractivity contribution in [2.75, 3.05) is 0 Å². The van der Waals surface area contributed by atoms with Gasteiger partial charge in [0.1, 0.15) is 0 Å². The summed E-state index contributed by atoms with van der Waals surface area (Å²) in [5.41, 5.74) is 6.32. The predicted molar refractivity (Wildman–Crippen MR) is 129 cm³/mol. The van der Waals surface area contributed by atoms with Crippen molar-refractivity contribution in [1.29, 1.82) is 0 Å². The summed E-state index contributed by atoms with van der Waals surface area (Å²) < 4.78 is 1.82. The molecule has 0 unspecified atom stereocenters. The SMILES string of the molecule is O=C(Cl)c1cc(Br)cc2c1-c1ccc(Br)cc1C2(c1ccccc1)c1ccccc1. The van der Waals surface area contributed by atoms with Gasteiger partial charge < -0.3 is 0 Å². The summed E-state index contributed by atoms with van der Waals surface area (Å²) in [7, 11) is 0. The lowest BCUT2D eigenvalue weighted by Crippen LogP contribution is -2.28. The van der Waals surface area contributed by atoms with Crippen LogP contribution in [0.15, 0.2) is 99.9 Å². The van der Waals surface area contributed by atoms with E-state index in [1.807, 2.05) is 24.3 Å². The highest BCUT2D eigenvalue weighted by Gasteiger charge is 2.47. The number of hydrogen-bond donors (Lipinski definition) is 0. The molecule has 0 saturated carbocycles. The van der Waals surface area contributed by atoms with E-state index in [4.69, 9.17) is 11.6 Å². The second kappa shape index (κ2) is 7.49. The van der Waals surface area contributed by atoms with Crippen LogP contribution in [0, 0.1) is 0 Å². The fourth-order valence-corrected chi connectivity index (χ4v) is 5.67. The first-order valence-electron chi connectivity index (χ1n) is 9.49. The van der Waals surface area contributed by atoms with Gasteiger partial charge in [-0.05, 0) is 69.2 Å². The molecule has 4 aromatic carbocycles. The Morgan fingerprint density at radius 1 is 0.700 bits per heavy atom. The van der Waals surface area contributed by atoms with Crippen molar-refractivity contribution in [3.8, 4) is 11.1 Å². The molecule has 1 aliphatic carbocycles. The minimum absolute atomic E-state index is 0.460. The molecule has 0 saturated heterocycles. The van der Waals surface area contributed by atoms with Gasteiger partial charge in [-0.25, -0.2) is 0 Å². The van der Waals surface area contributed by atoms with Crippen LogP contribution in [0.1, 0.15) is 32.6 Å². The van der Waals surface area contributed by atoms with E-state index in [2.05, 4.69) is 98.6 Å². The van der Waals surface area contributed by atoms with E-state index in [1.165, 1.54) is 0 Å². The number of carbonyl (C=O) groups is 1. The van der Waals surface area contributed by atoms with E-state index < -0.39 is 10.7 Å². The highest BCUT2D eigenvalue weighted by molar-refractivity contribution is 9.10. The second-order valence-corrected chi connectivity index (χ2v) is 9.50. The highest BCUT2D eigenvalue weighted by Crippen LogP contribution is 2.58. The minimum Gasteiger partial charge on any atom is -0.276 e. The Kier molecular flexibility index (Phi) is 4.93. The largest absolute Gasteiger partial charge is 0.276 e. The molecule has 0 fully saturated rings. The molecule has 0 N–H and O–H groups in total. The van der Waals surface area contributed by atoms with Crippen LogP contribution in [-0.2, 0) is 5.41 Å². The average Bonchev–Trinajstić information content (AvgIpc) is 3.04. The first-order valence-corrected chi connectivity index (χ1v) is 11.4. The molecule has 30 heavy (non-hydrogen) atoms. The number of benzene rings is 4. The minimum atomic E-state index is -0.568. The van der Waals surface area contributed by atoms with Gasteiger partial charge in [0.2, 0.25) is 0 Å². The van der Waals surface area contributed by atoms with Crippen LogP contribution < -0.4 is 0 Å². The standard InChI is InChI=1S/C26H15Br2ClO/c27-18-11-12-20-22(14-18)26(16-7-3-1-4-8-16,17-9-5-2-6-10-17)23-15-19(28)13-21(24(20)23)25(29)30/h1-15H. The molecule has 0 atom stereocenters. The van der Waals surface area contributed by atoms with Gasteiger partial charge in [-0.15, -0.1) is 0 Å². The molecule has 0 heterocycles. The zero-order valence-corrected chi connectivity index (χ0v) is 19.6. The van der Waals surface area contributed by atoms with Crippen LogP contribution in [0.3, 0.4) is 0 Å². The third-order valence-corrected chi connectivity index (χ3v) is 6.94. The summed E-state index contributed by atoms with van der Waals surface area (Å²) in [5.74, 6) is 0. The van der Waals surface area contributed by atoms with Crippen LogP contribution in [0.2, 0.25) is 0 Å². The van der Waals surface area contributed by atoms with Crippen LogP contribution in [0.5, 0.6) is 0 Å². The molecule has 1 aliphatic rings. The van der Waals surface area contributed by atoms with Gasteiger partial charge in [0.15, 0.2) is 0 Å². The van der Waals surface area contributed by atoms with Crippen molar-refractivity contribution in [3.05, 3.63) is 128 Å². The maximum atomic E-state index is 12.5. The summed E-state index contributed by atoms with van der Waals surface area (Å²) in [6, 6.07) is 31.0. The molecule has 0 aromatic heterocycles. The summed E-state index contributed by atoms with van der Waals surface area (Å²) in [6.07, 6.45) is 0. The van der Waals surface area contributed by atoms with Gasteiger partial charge in [0.25, 0.3) is 5.24 Å². The molecular formula is C26H15Br2ClO. The van der Waals surface area contributed by atoms with Crippen LogP contribution in [0.4, 0.5) is 0 Å². The van der Waals surface area contributed by atoms with Crippen LogP contribution in [-0.4, -0.2) is 5.24 Å². The monoisotopic (exact) mass is 536 g/mol. The van der Waals surface area contributed by atoms with E-state index in [1.54, 1.807) is 0 Å². The Balaban J connectivity index is 2.04. The lowest BCUT2D eigenvalue weighted by atomic mass is 9.67. The van der Waals surface area contributed by atoms with E-state index in [-0.39, 0.29) is 0 Å². The summed E-state index contributed by atoms with van der Waals surface area (Å²) in [5, 5.41) is -0.460. The maximum absolute atomic E-state index is 12.5. The zero-order valence-electron chi connectivity index (χ0n) is 15.7. The number of fused-ring (bicyclic) bond motifs is 3. The third-order valence-electron chi connectivity index (χ3n) is 5.79. The highest BCUT2D eigenvalue weighted by atomic mass is 79.9. The van der Waals surface area contributed by atoms with Gasteiger partial charge in [0, 0.05) is 14.5 Å². The number of halogens is 3. The summed E-state index contributed by atoms with van der Waals surface area (Å²) in [6.45, 7) is 0. The van der Waals surface area contributed by atoms with Crippen molar-refractivity contribution in [2.45, 2.75) is 5.41 Å². The van der Waals surface area contributed by atoms with E-state index in [9.17, 15) is 4.79 Å². The Morgan fingerprint density at radius 3 is 1.83 bits per heavy atom. The topological polar surface area (TPSA) is 17.1 Å². The molecule has 1 nitrogen and oxygen atoms in total. The van der Waals surface area contributed by atoms with Gasteiger partial charge in [-0.2, -0.15) is 0 Å². The fraction of sp³-hybridized carbons (Fsp3) is 0.0385. The van der Waals surface area contributed by atoms with E-state index >= 15 is 0 Å². The Morgan fingerprint density at radius 2 is 1.27 bits per heavy atom. The Hall–Kier alpha value is -2.20. The first kappa shape index (κ1) is 19.7. The van der Waals surface area contributed by atoms with E-state index in [0.717, 1.165) is 42.3 Å². The molecular weight excluding hydrogens is 524 g/mol. The van der Waals surface area contributed by atoms with Crippen molar-refractivity contribution < 1.29 is 4.79 Å². The molecule has 0 spiro atoms. The maximum Gasteiger partial charge on any atom is 0.253 e. The van der Waals surface area contributed by atoms with E-state index in [0.29, 0.717) is 5.56 Å². The first-order chi connectivity index (χ1) is 14.5. The Bertz CT molecular complexity index is 1240. The van der Waals surface area contributed by atoms with Crippen LogP contribution >= 0.6 is 43.5 Å². The fourth-order valence-electron chi connectivity index (χ4n) is 4.70. The van der Waals surface area contributed by atoms with Crippen molar-refractivity contribution in [2.24, 2.45) is 0 Å². The van der Waals surface area contributed by atoms with Gasteiger partial charge in [-0.3, -0.25) is 4.79 Å². The molecule has 146 valence electrons. The quantitative estimate of drug-likeness (QED) is 0.213. The molecule has 0 bridgehead atoms. The van der Waals surface area contributed by atoms with Crippen molar-refractivity contribution in [1.82, 2.24) is 0 Å². The molecule has 0 radical (unpaired) electrons. The van der Waals surface area contributed by atoms with Crippen molar-refractivity contribution >= 4 is 48.7 Å². The predicted octanol–water partition coefficient (Wildman–Crippen LogP) is 7.95. The van der Waals surface area contributed by atoms with Gasteiger partial charge in [0.05, 0.1) is 5.41 Å². The molecule has 5 rings (SSSR count). The normalized spacial score (nSPS) is 13.6. The molecule has 0 amide bonds. The smallest absolute Gasteiger partial charge is 0.253 e. The molecule has 4 aromatic rings. The molecule has 0 aliphatic heterocycles. The lowest BCUT2D eigenvalue weighted by Gasteiger charge is -2.34. The molecule has 4 heteroatoms. The van der Waals surface area contributed by atoms with Crippen molar-refractivity contribution in [3.63, 3.8) is 0 Å². The van der Waals surface area contributed by atoms with Gasteiger partial charge in [-0.1, -0.05) is 98.6 Å². The lowest BCUT2D eigenvalue weighted by molar-refractivity contribution is 0.108. The second-order valence-electron chi connectivity index (χ2n) is 7.32. The Labute approximate surface area is 197 Å². The van der Waals surface area contributed by atoms with Crippen LogP contribution in [0.25, 0.3) is 11.1 Å². The number of carbonyl (C=O) groups excluding carboxylic acids is 1. The summed E-state index contributed by atoms with van der Waals surface area (Å²) in [4.78, 5) is 12.5. The third kappa shape index (κ3) is 2.84. The summed E-state index contributed by atoms with van der Waals surface area (Å²) >= 11 is 13.4. The average molecular weight is 539 g/mol. The van der Waals surface area contributed by atoms with Gasteiger partial charge >= 0.3 is 0 Å². The zero-order chi connectivity index (χ0) is 20.9. The number of rotatable bonds is 3.